The SMILES string of the molecule is CC1C=CC(Cl)=C(F)C1CC(=O)Nc1nnc(CCCCc2ccc(NC(=O)Cc3ccccc3)nn2)s1. The van der Waals surface area contributed by atoms with Gasteiger partial charge in [-0.05, 0) is 49.0 Å². The summed E-state index contributed by atoms with van der Waals surface area (Å²) in [5.41, 5.74) is 1.77. The monoisotopic (exact) mass is 554 g/mol. The normalized spacial score (nSPS) is 16.9. The lowest BCUT2D eigenvalue weighted by Gasteiger charge is -2.22. The van der Waals surface area contributed by atoms with Crippen LogP contribution in [0.5, 0.6) is 0 Å². The summed E-state index contributed by atoms with van der Waals surface area (Å²) in [6.07, 6.45) is 6.78. The van der Waals surface area contributed by atoms with Crippen molar-refractivity contribution >= 4 is 45.7 Å². The summed E-state index contributed by atoms with van der Waals surface area (Å²) < 4.78 is 14.3. The molecule has 2 unspecified atom stereocenters. The van der Waals surface area contributed by atoms with Crippen molar-refractivity contribution in [2.45, 2.75) is 45.4 Å². The van der Waals surface area contributed by atoms with Gasteiger partial charge in [-0.1, -0.05) is 66.3 Å². The summed E-state index contributed by atoms with van der Waals surface area (Å²) in [5, 5.41) is 23.2. The molecule has 0 saturated heterocycles. The number of carbonyl (C=O) groups is 2. The first-order valence-corrected chi connectivity index (χ1v) is 13.6. The highest BCUT2D eigenvalue weighted by Crippen LogP contribution is 2.35. The number of anilines is 2. The van der Waals surface area contributed by atoms with E-state index < -0.39 is 11.7 Å². The first-order chi connectivity index (χ1) is 18.4. The molecule has 11 heteroatoms. The van der Waals surface area contributed by atoms with E-state index in [0.29, 0.717) is 17.4 Å². The summed E-state index contributed by atoms with van der Waals surface area (Å²) in [6, 6.07) is 13.1. The van der Waals surface area contributed by atoms with Crippen LogP contribution in [0.3, 0.4) is 0 Å². The van der Waals surface area contributed by atoms with Crippen LogP contribution in [0.2, 0.25) is 0 Å². The predicted octanol–water partition coefficient (Wildman–Crippen LogP) is 5.65. The van der Waals surface area contributed by atoms with Gasteiger partial charge in [0.2, 0.25) is 16.9 Å². The lowest BCUT2D eigenvalue weighted by atomic mass is 9.86. The van der Waals surface area contributed by atoms with E-state index in [0.717, 1.165) is 35.5 Å². The number of aromatic nitrogens is 4. The second-order valence-electron chi connectivity index (χ2n) is 9.10. The molecule has 1 aromatic carbocycles. The minimum absolute atomic E-state index is 0.0149. The molecule has 1 aliphatic rings. The number of hydrogen-bond donors (Lipinski definition) is 2. The molecule has 2 amide bonds. The van der Waals surface area contributed by atoms with E-state index >= 15 is 0 Å². The van der Waals surface area contributed by atoms with Gasteiger partial charge in [-0.15, -0.1) is 15.3 Å². The maximum atomic E-state index is 14.3. The molecular formula is C27H28ClFN6O2S. The lowest BCUT2D eigenvalue weighted by Crippen LogP contribution is -2.22. The fraction of sp³-hybridized carbons (Fsp3) is 0.333. The fourth-order valence-electron chi connectivity index (χ4n) is 4.02. The average Bonchev–Trinajstić information content (AvgIpc) is 3.35. The number of nitrogens with zero attached hydrogens (tertiary/aromatic N) is 4. The van der Waals surface area contributed by atoms with Crippen LogP contribution in [0.25, 0.3) is 0 Å². The number of nitrogens with one attached hydrogen (secondary N) is 2. The molecule has 0 aliphatic heterocycles. The molecule has 4 rings (SSSR count). The van der Waals surface area contributed by atoms with Gasteiger partial charge in [0.05, 0.1) is 17.1 Å². The van der Waals surface area contributed by atoms with Gasteiger partial charge >= 0.3 is 0 Å². The van der Waals surface area contributed by atoms with E-state index in [9.17, 15) is 14.0 Å². The smallest absolute Gasteiger partial charge is 0.229 e. The van der Waals surface area contributed by atoms with E-state index in [1.807, 2.05) is 43.3 Å². The third-order valence-corrected chi connectivity index (χ3v) is 7.33. The third kappa shape index (κ3) is 8.00. The maximum absolute atomic E-state index is 14.3. The standard InChI is InChI=1S/C27H28ClFN6O2S/c1-17-11-13-21(28)26(29)20(17)16-24(37)31-27-35-34-25(38-27)10-6-5-9-19-12-14-22(33-32-19)30-23(36)15-18-7-3-2-4-8-18/h2-4,7-8,11-14,17,20H,5-6,9-10,15-16H2,1H3,(H,30,33,36)(H,31,35,37). The molecule has 198 valence electrons. The molecular weight excluding hydrogens is 527 g/mol. The Hall–Kier alpha value is -3.50. The zero-order valence-electron chi connectivity index (χ0n) is 20.9. The van der Waals surface area contributed by atoms with Crippen LogP contribution in [-0.2, 0) is 28.9 Å². The molecule has 8 nitrogen and oxygen atoms in total. The molecule has 2 aromatic heterocycles. The lowest BCUT2D eigenvalue weighted by molar-refractivity contribution is -0.117. The van der Waals surface area contributed by atoms with E-state index in [4.69, 9.17) is 11.6 Å². The fourth-order valence-corrected chi connectivity index (χ4v) is 5.03. The Morgan fingerprint density at radius 3 is 2.53 bits per heavy atom. The highest BCUT2D eigenvalue weighted by atomic mass is 35.5. The minimum atomic E-state index is -0.581. The molecule has 2 heterocycles. The van der Waals surface area contributed by atoms with Crippen molar-refractivity contribution in [1.29, 1.82) is 0 Å². The summed E-state index contributed by atoms with van der Waals surface area (Å²) in [6.45, 7) is 1.85. The van der Waals surface area contributed by atoms with Crippen molar-refractivity contribution in [3.63, 3.8) is 0 Å². The highest BCUT2D eigenvalue weighted by molar-refractivity contribution is 7.15. The number of unbranched alkanes of at least 4 members (excludes halogenated alkanes) is 1. The van der Waals surface area contributed by atoms with E-state index in [1.165, 1.54) is 17.4 Å². The number of aryl methyl sites for hydroxylation is 2. The first-order valence-electron chi connectivity index (χ1n) is 12.4. The third-order valence-electron chi connectivity index (χ3n) is 6.12. The first kappa shape index (κ1) is 27.5. The van der Waals surface area contributed by atoms with Gasteiger partial charge < -0.3 is 10.6 Å². The summed E-state index contributed by atoms with van der Waals surface area (Å²) in [4.78, 5) is 24.6. The summed E-state index contributed by atoms with van der Waals surface area (Å²) in [7, 11) is 0. The molecule has 0 fully saturated rings. The maximum Gasteiger partial charge on any atom is 0.229 e. The zero-order chi connectivity index (χ0) is 26.9. The van der Waals surface area contributed by atoms with Crippen molar-refractivity contribution in [3.8, 4) is 0 Å². The van der Waals surface area contributed by atoms with Crippen LogP contribution >= 0.6 is 22.9 Å². The van der Waals surface area contributed by atoms with Crippen LogP contribution < -0.4 is 10.6 Å². The van der Waals surface area contributed by atoms with E-state index in [-0.39, 0.29) is 35.6 Å². The highest BCUT2D eigenvalue weighted by Gasteiger charge is 2.28. The number of benzene rings is 1. The van der Waals surface area contributed by atoms with Crippen LogP contribution in [0.15, 0.2) is 65.5 Å². The van der Waals surface area contributed by atoms with Crippen LogP contribution in [0.1, 0.15) is 42.5 Å². The Kier molecular flexibility index (Phi) is 9.67. The Balaban J connectivity index is 1.15. The summed E-state index contributed by atoms with van der Waals surface area (Å²) in [5.74, 6) is -1.19. The van der Waals surface area contributed by atoms with Gasteiger partial charge in [0.25, 0.3) is 0 Å². The quantitative estimate of drug-likeness (QED) is 0.297. The second kappa shape index (κ2) is 13.3. The predicted molar refractivity (Wildman–Crippen MR) is 146 cm³/mol. The minimum Gasteiger partial charge on any atom is -0.309 e. The Morgan fingerprint density at radius 1 is 0.974 bits per heavy atom. The van der Waals surface area contributed by atoms with Gasteiger partial charge in [0, 0.05) is 18.8 Å². The zero-order valence-corrected chi connectivity index (χ0v) is 22.4. The Labute approximate surface area is 229 Å². The van der Waals surface area contributed by atoms with Gasteiger partial charge in [-0.25, -0.2) is 4.39 Å². The molecule has 1 aliphatic carbocycles. The molecule has 38 heavy (non-hydrogen) atoms. The van der Waals surface area contributed by atoms with E-state index in [1.54, 1.807) is 12.1 Å². The van der Waals surface area contributed by atoms with Crippen molar-refractivity contribution in [3.05, 3.63) is 81.7 Å². The number of amides is 2. The Morgan fingerprint density at radius 2 is 1.76 bits per heavy atom. The van der Waals surface area contributed by atoms with Crippen molar-refractivity contribution in [2.24, 2.45) is 11.8 Å². The van der Waals surface area contributed by atoms with Crippen molar-refractivity contribution in [1.82, 2.24) is 20.4 Å². The molecule has 0 spiro atoms. The molecule has 0 radical (unpaired) electrons. The number of hydrogen-bond acceptors (Lipinski definition) is 7. The van der Waals surface area contributed by atoms with Crippen LogP contribution in [-0.4, -0.2) is 32.2 Å². The average molecular weight is 555 g/mol. The van der Waals surface area contributed by atoms with E-state index in [2.05, 4.69) is 31.0 Å². The number of rotatable bonds is 11. The molecule has 2 atom stereocenters. The largest absolute Gasteiger partial charge is 0.309 e. The van der Waals surface area contributed by atoms with Gasteiger partial charge in [0.15, 0.2) is 5.82 Å². The molecule has 0 bridgehead atoms. The van der Waals surface area contributed by atoms with Crippen molar-refractivity contribution in [2.75, 3.05) is 10.6 Å². The van der Waals surface area contributed by atoms with Crippen LogP contribution in [0, 0.1) is 11.8 Å². The second-order valence-corrected chi connectivity index (χ2v) is 10.6. The van der Waals surface area contributed by atoms with Gasteiger partial charge in [-0.2, -0.15) is 5.10 Å². The Bertz CT molecular complexity index is 1310. The van der Waals surface area contributed by atoms with Crippen LogP contribution in [0.4, 0.5) is 15.3 Å². The summed E-state index contributed by atoms with van der Waals surface area (Å²) >= 11 is 7.18. The van der Waals surface area contributed by atoms with Gasteiger partial charge in [0.1, 0.15) is 10.8 Å². The topological polar surface area (TPSA) is 110 Å². The van der Waals surface area contributed by atoms with Crippen molar-refractivity contribution < 1.29 is 14.0 Å². The number of allylic oxidation sites excluding steroid dienone is 4. The molecule has 2 N–H and O–H groups in total. The molecule has 3 aromatic rings. The number of carbonyl (C=O) groups excluding carboxylic acids is 2. The van der Waals surface area contributed by atoms with Gasteiger partial charge in [-0.3, -0.25) is 9.59 Å². The number of halogens is 2. The molecule has 0 saturated carbocycles.